The first kappa shape index (κ1) is 11.9. The number of methoxy groups -OCH3 is 1. The second-order valence-corrected chi connectivity index (χ2v) is 3.98. The van der Waals surface area contributed by atoms with E-state index in [1.165, 1.54) is 26.2 Å². The molecular formula is C9H8INO4. The molecule has 0 atom stereocenters. The summed E-state index contributed by atoms with van der Waals surface area (Å²) in [7, 11) is 1.43. The maximum atomic E-state index is 11.2. The van der Waals surface area contributed by atoms with Crippen LogP contribution in [0, 0.1) is 13.7 Å². The fourth-order valence-corrected chi connectivity index (χ4v) is 1.98. The number of benzene rings is 1. The van der Waals surface area contributed by atoms with Gasteiger partial charge < -0.3 is 4.74 Å². The molecule has 1 aromatic rings. The van der Waals surface area contributed by atoms with Crippen LogP contribution in [0.2, 0.25) is 0 Å². The van der Waals surface area contributed by atoms with Crippen molar-refractivity contribution >= 4 is 34.1 Å². The zero-order chi connectivity index (χ0) is 11.6. The van der Waals surface area contributed by atoms with Gasteiger partial charge >= 0.3 is 0 Å². The lowest BCUT2D eigenvalue weighted by molar-refractivity contribution is -0.385. The SMILES string of the molecule is COc1c(I)cc([N+](=O)[O-])cc1C(C)=O. The molecule has 0 aliphatic rings. The molecular weight excluding hydrogens is 313 g/mol. The normalized spacial score (nSPS) is 9.80. The molecule has 0 saturated heterocycles. The molecule has 0 N–H and O–H groups in total. The summed E-state index contributed by atoms with van der Waals surface area (Å²) in [6.45, 7) is 1.34. The van der Waals surface area contributed by atoms with E-state index in [4.69, 9.17) is 4.74 Å². The molecule has 15 heavy (non-hydrogen) atoms. The highest BCUT2D eigenvalue weighted by molar-refractivity contribution is 14.1. The first-order chi connectivity index (χ1) is 6.97. The predicted molar refractivity (Wildman–Crippen MR) is 62.4 cm³/mol. The molecule has 6 heteroatoms. The van der Waals surface area contributed by atoms with Crippen LogP contribution < -0.4 is 4.74 Å². The van der Waals surface area contributed by atoms with Gasteiger partial charge in [-0.2, -0.15) is 0 Å². The maximum Gasteiger partial charge on any atom is 0.271 e. The van der Waals surface area contributed by atoms with E-state index in [9.17, 15) is 14.9 Å². The largest absolute Gasteiger partial charge is 0.495 e. The lowest BCUT2D eigenvalue weighted by Gasteiger charge is -2.07. The van der Waals surface area contributed by atoms with Gasteiger partial charge in [-0.1, -0.05) is 0 Å². The molecule has 0 spiro atoms. The van der Waals surface area contributed by atoms with E-state index in [2.05, 4.69) is 0 Å². The minimum absolute atomic E-state index is 0.106. The number of non-ortho nitro benzene ring substituents is 1. The smallest absolute Gasteiger partial charge is 0.271 e. The van der Waals surface area contributed by atoms with Gasteiger partial charge in [0.05, 0.1) is 21.2 Å². The summed E-state index contributed by atoms with van der Waals surface area (Å²) in [6.07, 6.45) is 0. The maximum absolute atomic E-state index is 11.2. The number of hydrogen-bond donors (Lipinski definition) is 0. The predicted octanol–water partition coefficient (Wildman–Crippen LogP) is 2.41. The Morgan fingerprint density at radius 1 is 1.53 bits per heavy atom. The van der Waals surface area contributed by atoms with Gasteiger partial charge in [0.1, 0.15) is 5.75 Å². The number of nitro groups is 1. The lowest BCUT2D eigenvalue weighted by atomic mass is 10.1. The van der Waals surface area contributed by atoms with Gasteiger partial charge in [0.25, 0.3) is 5.69 Å². The Kier molecular flexibility index (Phi) is 3.61. The molecule has 80 valence electrons. The highest BCUT2D eigenvalue weighted by Crippen LogP contribution is 2.30. The molecule has 0 radical (unpaired) electrons. The van der Waals surface area contributed by atoms with Crippen molar-refractivity contribution in [2.45, 2.75) is 6.92 Å². The first-order valence-corrected chi connectivity index (χ1v) is 5.08. The Morgan fingerprint density at radius 2 is 2.13 bits per heavy atom. The lowest BCUT2D eigenvalue weighted by Crippen LogP contribution is -2.01. The molecule has 0 unspecified atom stereocenters. The average Bonchev–Trinajstić information content (AvgIpc) is 2.16. The fraction of sp³-hybridized carbons (Fsp3) is 0.222. The van der Waals surface area contributed by atoms with Gasteiger partial charge in [0.15, 0.2) is 5.78 Å². The van der Waals surface area contributed by atoms with E-state index < -0.39 is 4.92 Å². The second-order valence-electron chi connectivity index (χ2n) is 2.82. The van der Waals surface area contributed by atoms with Gasteiger partial charge in [0.2, 0.25) is 0 Å². The summed E-state index contributed by atoms with van der Waals surface area (Å²) in [4.78, 5) is 21.3. The quantitative estimate of drug-likeness (QED) is 0.371. The van der Waals surface area contributed by atoms with Crippen LogP contribution in [0.3, 0.4) is 0 Å². The summed E-state index contributed by atoms with van der Waals surface area (Å²) in [5.74, 6) is 0.127. The van der Waals surface area contributed by atoms with Crippen LogP contribution in [0.25, 0.3) is 0 Å². The van der Waals surface area contributed by atoms with Crippen LogP contribution in [-0.4, -0.2) is 17.8 Å². The molecule has 1 rings (SSSR count). The van der Waals surface area contributed by atoms with Gasteiger partial charge in [-0.15, -0.1) is 0 Å². The second kappa shape index (κ2) is 4.56. The number of hydrogen-bond acceptors (Lipinski definition) is 4. The summed E-state index contributed by atoms with van der Waals surface area (Å²) >= 11 is 1.90. The van der Waals surface area contributed by atoms with Crippen molar-refractivity contribution in [1.82, 2.24) is 0 Å². The van der Waals surface area contributed by atoms with E-state index in [1.54, 1.807) is 0 Å². The minimum Gasteiger partial charge on any atom is -0.495 e. The number of ketones is 1. The van der Waals surface area contributed by atoms with Gasteiger partial charge in [-0.3, -0.25) is 14.9 Å². The Labute approximate surface area is 99.7 Å². The van der Waals surface area contributed by atoms with Crippen molar-refractivity contribution < 1.29 is 14.5 Å². The summed E-state index contributed by atoms with van der Waals surface area (Å²) in [6, 6.07) is 2.59. The molecule has 0 aliphatic heterocycles. The van der Waals surface area contributed by atoms with Crippen LogP contribution in [0.1, 0.15) is 17.3 Å². The minimum atomic E-state index is -0.534. The Hall–Kier alpha value is -1.18. The molecule has 0 amide bonds. The van der Waals surface area contributed by atoms with Crippen LogP contribution in [0.15, 0.2) is 12.1 Å². The first-order valence-electron chi connectivity index (χ1n) is 4.00. The van der Waals surface area contributed by atoms with Crippen LogP contribution in [0.5, 0.6) is 5.75 Å². The third-order valence-corrected chi connectivity index (χ3v) is 2.62. The number of rotatable bonds is 3. The molecule has 0 saturated carbocycles. The number of nitrogens with zero attached hydrogens (tertiary/aromatic N) is 1. The Balaban J connectivity index is 3.45. The molecule has 0 fully saturated rings. The number of Topliss-reactive ketones (excluding diaryl/α,β-unsaturated/α-hetero) is 1. The number of nitro benzene ring substituents is 1. The molecule has 0 heterocycles. The van der Waals surface area contributed by atoms with Crippen molar-refractivity contribution in [3.63, 3.8) is 0 Å². The average molecular weight is 321 g/mol. The van der Waals surface area contributed by atoms with Gasteiger partial charge in [-0.25, -0.2) is 0 Å². The Bertz CT molecular complexity index is 430. The standard InChI is InChI=1S/C9H8INO4/c1-5(12)7-3-6(11(13)14)4-8(10)9(7)15-2/h3-4H,1-2H3. The van der Waals surface area contributed by atoms with E-state index >= 15 is 0 Å². The van der Waals surface area contributed by atoms with E-state index in [1.807, 2.05) is 22.6 Å². The molecule has 0 aliphatic carbocycles. The highest BCUT2D eigenvalue weighted by Gasteiger charge is 2.18. The zero-order valence-corrected chi connectivity index (χ0v) is 10.3. The summed E-state index contributed by atoms with van der Waals surface area (Å²) in [5, 5.41) is 10.6. The molecule has 0 bridgehead atoms. The van der Waals surface area contributed by atoms with Crippen molar-refractivity contribution in [3.05, 3.63) is 31.4 Å². The van der Waals surface area contributed by atoms with E-state index in [-0.39, 0.29) is 17.0 Å². The van der Waals surface area contributed by atoms with E-state index in [0.717, 1.165) is 0 Å². The van der Waals surface area contributed by atoms with Crippen LogP contribution in [0.4, 0.5) is 5.69 Å². The van der Waals surface area contributed by atoms with Crippen LogP contribution in [-0.2, 0) is 0 Å². The highest BCUT2D eigenvalue weighted by atomic mass is 127. The number of carbonyl (C=O) groups excluding carboxylic acids is 1. The molecule has 0 aromatic heterocycles. The topological polar surface area (TPSA) is 69.4 Å². The van der Waals surface area contributed by atoms with Crippen molar-refractivity contribution in [1.29, 1.82) is 0 Å². The fourth-order valence-electron chi connectivity index (χ4n) is 1.15. The third-order valence-electron chi connectivity index (χ3n) is 1.82. The van der Waals surface area contributed by atoms with E-state index in [0.29, 0.717) is 9.32 Å². The number of ether oxygens (including phenoxy) is 1. The summed E-state index contributed by atoms with van der Waals surface area (Å²) < 4.78 is 5.57. The van der Waals surface area contributed by atoms with Crippen molar-refractivity contribution in [2.24, 2.45) is 0 Å². The van der Waals surface area contributed by atoms with Crippen molar-refractivity contribution in [3.8, 4) is 5.75 Å². The summed E-state index contributed by atoms with van der Waals surface area (Å²) in [5.41, 5.74) is 0.126. The van der Waals surface area contributed by atoms with Gasteiger partial charge in [-0.05, 0) is 29.5 Å². The number of halogens is 1. The number of carbonyl (C=O) groups is 1. The van der Waals surface area contributed by atoms with Gasteiger partial charge in [0, 0.05) is 12.1 Å². The monoisotopic (exact) mass is 321 g/mol. The Morgan fingerprint density at radius 3 is 2.53 bits per heavy atom. The molecule has 1 aromatic carbocycles. The van der Waals surface area contributed by atoms with Crippen molar-refractivity contribution in [2.75, 3.05) is 7.11 Å². The zero-order valence-electron chi connectivity index (χ0n) is 8.11. The molecule has 5 nitrogen and oxygen atoms in total. The van der Waals surface area contributed by atoms with Crippen LogP contribution >= 0.6 is 22.6 Å². The third kappa shape index (κ3) is 2.44.